The first-order valence-electron chi connectivity index (χ1n) is 10.2. The standard InChI is InChI=1S/C22H28N6O4S/c1-5-31-18-10-14(9-16-12-26-22(25)27-21(16)24)11-19(32-33(29,30)28(3)4)20(18)15-6-7-17(23)13(2)8-15/h6-8,10-12H,5,9,23H2,1-4H3,(H4,24,25,26,27). The molecular weight excluding hydrogens is 444 g/mol. The molecule has 1 aromatic heterocycles. The number of nitrogens with zero attached hydrogens (tertiary/aromatic N) is 3. The lowest BCUT2D eigenvalue weighted by Gasteiger charge is -2.20. The molecule has 2 aromatic carbocycles. The molecular formula is C22H28N6O4S. The monoisotopic (exact) mass is 472 g/mol. The number of aromatic nitrogens is 2. The van der Waals surface area contributed by atoms with Crippen LogP contribution in [0, 0.1) is 6.92 Å². The molecule has 0 saturated carbocycles. The molecule has 1 heterocycles. The molecule has 0 aliphatic carbocycles. The van der Waals surface area contributed by atoms with Crippen LogP contribution in [0.5, 0.6) is 11.5 Å². The van der Waals surface area contributed by atoms with Gasteiger partial charge in [-0.05, 0) is 54.8 Å². The second-order valence-electron chi connectivity index (χ2n) is 7.61. The third kappa shape index (κ3) is 5.44. The Labute approximate surface area is 193 Å². The first-order chi connectivity index (χ1) is 15.5. The molecule has 10 nitrogen and oxygen atoms in total. The van der Waals surface area contributed by atoms with Gasteiger partial charge in [0.25, 0.3) is 0 Å². The second-order valence-corrected chi connectivity index (χ2v) is 9.36. The largest absolute Gasteiger partial charge is 0.493 e. The summed E-state index contributed by atoms with van der Waals surface area (Å²) in [5.74, 6) is 0.880. The first-order valence-corrected chi connectivity index (χ1v) is 11.5. The van der Waals surface area contributed by atoms with Crippen molar-refractivity contribution in [2.45, 2.75) is 20.3 Å². The van der Waals surface area contributed by atoms with Crippen LogP contribution >= 0.6 is 0 Å². The van der Waals surface area contributed by atoms with Gasteiger partial charge in [0.1, 0.15) is 11.6 Å². The number of nitrogen functional groups attached to an aromatic ring is 3. The lowest BCUT2D eigenvalue weighted by atomic mass is 9.97. The molecule has 11 heteroatoms. The normalized spacial score (nSPS) is 11.5. The summed E-state index contributed by atoms with van der Waals surface area (Å²) < 4.78 is 37.7. The molecule has 0 aliphatic heterocycles. The predicted molar refractivity (Wildman–Crippen MR) is 129 cm³/mol. The Kier molecular flexibility index (Phi) is 6.94. The fourth-order valence-corrected chi connectivity index (χ4v) is 3.68. The average molecular weight is 473 g/mol. The van der Waals surface area contributed by atoms with E-state index in [1.807, 2.05) is 26.0 Å². The van der Waals surface area contributed by atoms with E-state index in [0.29, 0.717) is 46.7 Å². The topological polar surface area (TPSA) is 160 Å². The maximum absolute atomic E-state index is 12.6. The Bertz CT molecular complexity index is 1280. The molecule has 3 rings (SSSR count). The van der Waals surface area contributed by atoms with Gasteiger partial charge in [-0.25, -0.2) is 4.98 Å². The number of anilines is 3. The molecule has 3 aromatic rings. The highest BCUT2D eigenvalue weighted by atomic mass is 32.2. The number of hydrogen-bond donors (Lipinski definition) is 3. The Morgan fingerprint density at radius 2 is 1.76 bits per heavy atom. The lowest BCUT2D eigenvalue weighted by Crippen LogP contribution is -2.27. The second kappa shape index (κ2) is 9.51. The van der Waals surface area contributed by atoms with E-state index in [9.17, 15) is 8.42 Å². The SMILES string of the molecule is CCOc1cc(Cc2cnc(N)nc2N)cc(OS(=O)(=O)N(C)C)c1-c1ccc(N)c(C)c1. The molecule has 0 fully saturated rings. The van der Waals surface area contributed by atoms with Crippen LogP contribution in [0.25, 0.3) is 11.1 Å². The van der Waals surface area contributed by atoms with Crippen molar-refractivity contribution in [2.24, 2.45) is 0 Å². The van der Waals surface area contributed by atoms with Crippen LogP contribution in [0.2, 0.25) is 0 Å². The highest BCUT2D eigenvalue weighted by Gasteiger charge is 2.23. The predicted octanol–water partition coefficient (Wildman–Crippen LogP) is 2.37. The smallest absolute Gasteiger partial charge is 0.384 e. The minimum absolute atomic E-state index is 0.0708. The van der Waals surface area contributed by atoms with Crippen molar-refractivity contribution in [3.63, 3.8) is 0 Å². The van der Waals surface area contributed by atoms with Gasteiger partial charge in [-0.15, -0.1) is 0 Å². The molecule has 0 saturated heterocycles. The Hall–Kier alpha value is -3.57. The van der Waals surface area contributed by atoms with E-state index in [-0.39, 0.29) is 17.5 Å². The molecule has 33 heavy (non-hydrogen) atoms. The van der Waals surface area contributed by atoms with Crippen LogP contribution in [0.1, 0.15) is 23.6 Å². The fraction of sp³-hybridized carbons (Fsp3) is 0.273. The first kappa shape index (κ1) is 24.1. The van der Waals surface area contributed by atoms with Crippen LogP contribution < -0.4 is 26.1 Å². The van der Waals surface area contributed by atoms with Gasteiger partial charge in [-0.2, -0.15) is 17.7 Å². The summed E-state index contributed by atoms with van der Waals surface area (Å²) in [6, 6.07) is 8.86. The average Bonchev–Trinajstić information content (AvgIpc) is 2.72. The molecule has 176 valence electrons. The van der Waals surface area contributed by atoms with E-state index in [1.165, 1.54) is 20.3 Å². The maximum atomic E-state index is 12.6. The van der Waals surface area contributed by atoms with Crippen LogP contribution in [-0.2, 0) is 16.7 Å². The van der Waals surface area contributed by atoms with Crippen LogP contribution in [0.4, 0.5) is 17.5 Å². The van der Waals surface area contributed by atoms with E-state index in [2.05, 4.69) is 9.97 Å². The molecule has 0 radical (unpaired) electrons. The molecule has 0 unspecified atom stereocenters. The van der Waals surface area contributed by atoms with Gasteiger partial charge >= 0.3 is 10.3 Å². The Morgan fingerprint density at radius 1 is 1.06 bits per heavy atom. The number of aryl methyl sites for hydroxylation is 1. The van der Waals surface area contributed by atoms with E-state index in [0.717, 1.165) is 9.87 Å². The van der Waals surface area contributed by atoms with Crippen molar-refractivity contribution in [3.05, 3.63) is 53.2 Å². The van der Waals surface area contributed by atoms with E-state index < -0.39 is 10.3 Å². The zero-order valence-corrected chi connectivity index (χ0v) is 19.8. The minimum atomic E-state index is -4.05. The maximum Gasteiger partial charge on any atom is 0.384 e. The highest BCUT2D eigenvalue weighted by Crippen LogP contribution is 2.42. The molecule has 0 bridgehead atoms. The molecule has 0 amide bonds. The van der Waals surface area contributed by atoms with Crippen molar-refractivity contribution in [2.75, 3.05) is 37.9 Å². The number of ether oxygens (including phenoxy) is 1. The zero-order valence-electron chi connectivity index (χ0n) is 19.0. The lowest BCUT2D eigenvalue weighted by molar-refractivity contribution is 0.340. The fourth-order valence-electron chi connectivity index (χ4n) is 3.18. The molecule has 0 spiro atoms. The van der Waals surface area contributed by atoms with Gasteiger partial charge in [0, 0.05) is 38.0 Å². The van der Waals surface area contributed by atoms with Crippen molar-refractivity contribution in [1.29, 1.82) is 0 Å². The van der Waals surface area contributed by atoms with Gasteiger partial charge in [0.05, 0.1) is 12.2 Å². The van der Waals surface area contributed by atoms with Gasteiger partial charge in [0.15, 0.2) is 5.75 Å². The summed E-state index contributed by atoms with van der Waals surface area (Å²) in [5.41, 5.74) is 21.5. The minimum Gasteiger partial charge on any atom is -0.493 e. The highest BCUT2D eigenvalue weighted by molar-refractivity contribution is 7.84. The molecule has 0 aliphatic rings. The van der Waals surface area contributed by atoms with Crippen molar-refractivity contribution in [3.8, 4) is 22.6 Å². The summed E-state index contributed by atoms with van der Waals surface area (Å²) in [6.07, 6.45) is 1.85. The van der Waals surface area contributed by atoms with Crippen LogP contribution in [0.3, 0.4) is 0 Å². The Morgan fingerprint density at radius 3 is 2.36 bits per heavy atom. The number of hydrogen-bond acceptors (Lipinski definition) is 9. The van der Waals surface area contributed by atoms with E-state index >= 15 is 0 Å². The van der Waals surface area contributed by atoms with E-state index in [1.54, 1.807) is 18.2 Å². The molecule has 0 atom stereocenters. The number of rotatable bonds is 8. The van der Waals surface area contributed by atoms with Gasteiger partial charge in [-0.1, -0.05) is 6.07 Å². The summed E-state index contributed by atoms with van der Waals surface area (Å²) in [5, 5.41) is 0. The van der Waals surface area contributed by atoms with Crippen LogP contribution in [0.15, 0.2) is 36.5 Å². The van der Waals surface area contributed by atoms with Gasteiger partial charge in [0.2, 0.25) is 5.95 Å². The summed E-state index contributed by atoms with van der Waals surface area (Å²) >= 11 is 0. The van der Waals surface area contributed by atoms with E-state index in [4.69, 9.17) is 26.1 Å². The van der Waals surface area contributed by atoms with Crippen LogP contribution in [-0.4, -0.2) is 43.4 Å². The van der Waals surface area contributed by atoms with Crippen molar-refractivity contribution < 1.29 is 17.3 Å². The quantitative estimate of drug-likeness (QED) is 0.418. The molecule has 6 N–H and O–H groups in total. The zero-order chi connectivity index (χ0) is 24.3. The summed E-state index contributed by atoms with van der Waals surface area (Å²) in [4.78, 5) is 7.98. The number of nitrogens with two attached hydrogens (primary N) is 3. The third-order valence-electron chi connectivity index (χ3n) is 4.94. The van der Waals surface area contributed by atoms with Crippen molar-refractivity contribution in [1.82, 2.24) is 14.3 Å². The summed E-state index contributed by atoms with van der Waals surface area (Å²) in [6.45, 7) is 4.07. The van der Waals surface area contributed by atoms with Gasteiger partial charge in [-0.3, -0.25) is 0 Å². The Balaban J connectivity index is 2.22. The number of benzene rings is 2. The van der Waals surface area contributed by atoms with Gasteiger partial charge < -0.3 is 26.1 Å². The van der Waals surface area contributed by atoms with Crippen molar-refractivity contribution >= 4 is 27.8 Å². The summed E-state index contributed by atoms with van der Waals surface area (Å²) in [7, 11) is -1.27. The third-order valence-corrected chi connectivity index (χ3v) is 6.22.